The Bertz CT molecular complexity index is 1000. The van der Waals surface area contributed by atoms with Crippen LogP contribution in [0.15, 0.2) is 95.6 Å². The number of aromatic amines is 1. The maximum Gasteiger partial charge on any atom is 0.0457 e. The van der Waals surface area contributed by atoms with Gasteiger partial charge in [-0.3, -0.25) is 0 Å². The molecule has 0 spiro atoms. The number of H-pyrrole nitrogens is 1. The number of allylic oxidation sites excluding steroid dienone is 1. The smallest absolute Gasteiger partial charge is 0.0457 e. The van der Waals surface area contributed by atoms with Crippen LogP contribution in [0, 0.1) is 0 Å². The van der Waals surface area contributed by atoms with Crippen molar-refractivity contribution in [2.75, 3.05) is 0 Å². The van der Waals surface area contributed by atoms with Crippen LogP contribution in [-0.4, -0.2) is 4.98 Å². The number of aromatic nitrogens is 1. The normalized spacial score (nSPS) is 12.7. The molecule has 0 aliphatic carbocycles. The molecule has 0 aliphatic heterocycles. The fraction of sp³-hybridized carbons (Fsp3) is 0.0435. The van der Waals surface area contributed by atoms with Crippen LogP contribution in [0.5, 0.6) is 0 Å². The first kappa shape index (κ1) is 15.9. The number of benzene rings is 3. The van der Waals surface area contributed by atoms with E-state index in [2.05, 4.69) is 112 Å². The molecule has 4 rings (SSSR count). The average Bonchev–Trinajstić information content (AvgIpc) is 3.07. The molecular formula is C23H18BrN. The van der Waals surface area contributed by atoms with Gasteiger partial charge < -0.3 is 4.98 Å². The van der Waals surface area contributed by atoms with Gasteiger partial charge in [0.2, 0.25) is 0 Å². The predicted molar refractivity (Wildman–Crippen MR) is 110 cm³/mol. The minimum Gasteiger partial charge on any atom is -0.361 e. The topological polar surface area (TPSA) is 15.8 Å². The van der Waals surface area contributed by atoms with Crippen LogP contribution in [0.4, 0.5) is 0 Å². The van der Waals surface area contributed by atoms with E-state index in [9.17, 15) is 0 Å². The van der Waals surface area contributed by atoms with E-state index in [0.29, 0.717) is 0 Å². The average molecular weight is 388 g/mol. The van der Waals surface area contributed by atoms with Crippen LogP contribution in [0.3, 0.4) is 0 Å². The highest BCUT2D eigenvalue weighted by molar-refractivity contribution is 9.10. The van der Waals surface area contributed by atoms with Crippen molar-refractivity contribution in [3.63, 3.8) is 0 Å². The van der Waals surface area contributed by atoms with E-state index in [1.807, 2.05) is 6.07 Å². The summed E-state index contributed by atoms with van der Waals surface area (Å²) < 4.78 is 1.10. The maximum absolute atomic E-state index is 3.60. The van der Waals surface area contributed by atoms with Gasteiger partial charge in [-0.25, -0.2) is 0 Å². The highest BCUT2D eigenvalue weighted by Crippen LogP contribution is 2.33. The number of hydrogen-bond acceptors (Lipinski definition) is 0. The number of fused-ring (bicyclic) bond motifs is 1. The van der Waals surface area contributed by atoms with Gasteiger partial charge in [-0.1, -0.05) is 88.7 Å². The molecule has 0 bridgehead atoms. The zero-order valence-electron chi connectivity index (χ0n) is 13.7. The van der Waals surface area contributed by atoms with Crippen molar-refractivity contribution < 1.29 is 0 Å². The summed E-state index contributed by atoms with van der Waals surface area (Å²) in [7, 11) is 0. The molecule has 1 N–H and O–H groups in total. The summed E-state index contributed by atoms with van der Waals surface area (Å²) in [5.74, 6) is 0.199. The standard InChI is InChI=1S/C23H18BrN/c24-19-12-14-23-21(15-19)22(16-25-23)20(18-9-5-2-6-10-18)13-11-17-7-3-1-4-8-17/h1-16,20,25H/b13-11+/t20-/m1/s1. The van der Waals surface area contributed by atoms with E-state index >= 15 is 0 Å². The summed E-state index contributed by atoms with van der Waals surface area (Å²) in [6.07, 6.45) is 6.62. The lowest BCUT2D eigenvalue weighted by atomic mass is 9.90. The van der Waals surface area contributed by atoms with Gasteiger partial charge in [-0.2, -0.15) is 0 Å². The van der Waals surface area contributed by atoms with Crippen molar-refractivity contribution in [3.8, 4) is 0 Å². The van der Waals surface area contributed by atoms with Crippen molar-refractivity contribution in [1.29, 1.82) is 0 Å². The van der Waals surface area contributed by atoms with E-state index in [1.165, 1.54) is 22.1 Å². The molecule has 0 fully saturated rings. The summed E-state index contributed by atoms with van der Waals surface area (Å²) in [5, 5.41) is 1.25. The first-order valence-corrected chi connectivity index (χ1v) is 9.15. The van der Waals surface area contributed by atoms with E-state index in [-0.39, 0.29) is 5.92 Å². The Hall–Kier alpha value is -2.58. The summed E-state index contributed by atoms with van der Waals surface area (Å²) in [4.78, 5) is 3.41. The quantitative estimate of drug-likeness (QED) is 0.397. The van der Waals surface area contributed by atoms with Crippen LogP contribution < -0.4 is 0 Å². The van der Waals surface area contributed by atoms with Crippen molar-refractivity contribution in [3.05, 3.63) is 112 Å². The van der Waals surface area contributed by atoms with E-state index in [1.54, 1.807) is 0 Å². The number of nitrogens with one attached hydrogen (secondary N) is 1. The van der Waals surface area contributed by atoms with Crippen LogP contribution >= 0.6 is 15.9 Å². The monoisotopic (exact) mass is 387 g/mol. The number of rotatable bonds is 4. The highest BCUT2D eigenvalue weighted by atomic mass is 79.9. The molecule has 1 atom stereocenters. The van der Waals surface area contributed by atoms with Gasteiger partial charge in [0, 0.05) is 27.5 Å². The number of hydrogen-bond donors (Lipinski definition) is 1. The molecule has 122 valence electrons. The summed E-state index contributed by atoms with van der Waals surface area (Å²) >= 11 is 3.60. The third-order valence-electron chi connectivity index (χ3n) is 4.45. The minimum absolute atomic E-state index is 0.199. The first-order chi connectivity index (χ1) is 12.3. The van der Waals surface area contributed by atoms with E-state index in [4.69, 9.17) is 0 Å². The Kier molecular flexibility index (Phi) is 4.53. The Morgan fingerprint density at radius 2 is 1.56 bits per heavy atom. The molecule has 0 saturated carbocycles. The predicted octanol–water partition coefficient (Wildman–Crippen LogP) is 6.78. The number of halogens is 1. The third kappa shape index (κ3) is 3.45. The zero-order chi connectivity index (χ0) is 17.1. The maximum atomic E-state index is 3.60. The van der Waals surface area contributed by atoms with Crippen LogP contribution in [0.25, 0.3) is 17.0 Å². The lowest BCUT2D eigenvalue weighted by Crippen LogP contribution is -1.96. The van der Waals surface area contributed by atoms with Crippen molar-refractivity contribution in [2.24, 2.45) is 0 Å². The third-order valence-corrected chi connectivity index (χ3v) is 4.94. The van der Waals surface area contributed by atoms with Gasteiger partial charge in [0.25, 0.3) is 0 Å². The Balaban J connectivity index is 1.82. The zero-order valence-corrected chi connectivity index (χ0v) is 15.3. The Morgan fingerprint density at radius 1 is 0.840 bits per heavy atom. The van der Waals surface area contributed by atoms with E-state index in [0.717, 1.165) is 9.99 Å². The van der Waals surface area contributed by atoms with Gasteiger partial charge in [-0.05, 0) is 34.9 Å². The van der Waals surface area contributed by atoms with Crippen LogP contribution in [-0.2, 0) is 0 Å². The summed E-state index contributed by atoms with van der Waals surface area (Å²) in [5.41, 5.74) is 4.95. The molecule has 0 aliphatic rings. The largest absolute Gasteiger partial charge is 0.361 e. The highest BCUT2D eigenvalue weighted by Gasteiger charge is 2.15. The second-order valence-corrected chi connectivity index (χ2v) is 7.01. The molecule has 1 heterocycles. The molecule has 25 heavy (non-hydrogen) atoms. The molecule has 2 heteroatoms. The van der Waals surface area contributed by atoms with Crippen molar-refractivity contribution >= 4 is 32.9 Å². The second-order valence-electron chi connectivity index (χ2n) is 6.09. The Labute approximate surface area is 156 Å². The minimum atomic E-state index is 0.199. The molecule has 3 aromatic carbocycles. The van der Waals surface area contributed by atoms with Crippen molar-refractivity contribution in [1.82, 2.24) is 4.98 Å². The summed E-state index contributed by atoms with van der Waals surface area (Å²) in [6.45, 7) is 0. The lowest BCUT2D eigenvalue weighted by Gasteiger charge is -2.13. The lowest BCUT2D eigenvalue weighted by molar-refractivity contribution is 1.04. The molecular weight excluding hydrogens is 370 g/mol. The Morgan fingerprint density at radius 3 is 2.32 bits per heavy atom. The van der Waals surface area contributed by atoms with Gasteiger partial charge in [0.15, 0.2) is 0 Å². The molecule has 1 nitrogen and oxygen atoms in total. The van der Waals surface area contributed by atoms with Crippen LogP contribution in [0.1, 0.15) is 22.6 Å². The second kappa shape index (κ2) is 7.12. The van der Waals surface area contributed by atoms with Crippen molar-refractivity contribution in [2.45, 2.75) is 5.92 Å². The SMILES string of the molecule is Brc1ccc2[nH]cc([C@H](/C=C/c3ccccc3)c3ccccc3)c2c1. The molecule has 0 saturated heterocycles. The van der Waals surface area contributed by atoms with Crippen LogP contribution in [0.2, 0.25) is 0 Å². The molecule has 0 amide bonds. The molecule has 4 aromatic rings. The molecule has 0 unspecified atom stereocenters. The fourth-order valence-electron chi connectivity index (χ4n) is 3.20. The fourth-order valence-corrected chi connectivity index (χ4v) is 3.56. The first-order valence-electron chi connectivity index (χ1n) is 8.36. The molecule has 0 radical (unpaired) electrons. The summed E-state index contributed by atoms with van der Waals surface area (Å²) in [6, 6.07) is 27.5. The van der Waals surface area contributed by atoms with Gasteiger partial charge >= 0.3 is 0 Å². The van der Waals surface area contributed by atoms with E-state index < -0.39 is 0 Å². The van der Waals surface area contributed by atoms with Gasteiger partial charge in [0.1, 0.15) is 0 Å². The molecule has 1 aromatic heterocycles. The van der Waals surface area contributed by atoms with Gasteiger partial charge in [0.05, 0.1) is 0 Å². The van der Waals surface area contributed by atoms with Gasteiger partial charge in [-0.15, -0.1) is 0 Å².